The molecule has 0 bridgehead atoms. The van der Waals surface area contributed by atoms with E-state index in [2.05, 4.69) is 10.6 Å². The number of carbonyl (C=O) groups excluding carboxylic acids is 3. The molecule has 0 saturated carbocycles. The number of aliphatic carboxylic acids is 1. The Balaban J connectivity index is 2.72. The molecule has 0 aliphatic carbocycles. The minimum atomic E-state index is -1.31. The van der Waals surface area contributed by atoms with Crippen LogP contribution >= 0.6 is 0 Å². The number of carboxylic acid groups (broad SMARTS) is 1. The summed E-state index contributed by atoms with van der Waals surface area (Å²) in [4.78, 5) is 48.0. The second-order valence-electron chi connectivity index (χ2n) is 7.24. The van der Waals surface area contributed by atoms with Crippen molar-refractivity contribution in [3.05, 3.63) is 35.9 Å². The molecular weight excluding hydrogens is 392 g/mol. The van der Waals surface area contributed by atoms with Crippen LogP contribution in [0.1, 0.15) is 39.7 Å². The van der Waals surface area contributed by atoms with Crippen molar-refractivity contribution in [2.45, 2.75) is 52.8 Å². The minimum Gasteiger partial charge on any atom is -0.480 e. The summed E-state index contributed by atoms with van der Waals surface area (Å²) in [5, 5.41) is 14.3. The third kappa shape index (κ3) is 8.50. The molecule has 3 N–H and O–H groups in total. The molecule has 0 saturated heterocycles. The van der Waals surface area contributed by atoms with Crippen LogP contribution in [0.5, 0.6) is 0 Å². The fourth-order valence-electron chi connectivity index (χ4n) is 2.72. The predicted molar refractivity (Wildman–Crippen MR) is 108 cm³/mol. The van der Waals surface area contributed by atoms with Gasteiger partial charge < -0.3 is 25.2 Å². The van der Waals surface area contributed by atoms with E-state index in [1.54, 1.807) is 32.9 Å². The Labute approximate surface area is 176 Å². The molecule has 0 radical (unpaired) electrons. The molecule has 1 aromatic carbocycles. The lowest BCUT2D eigenvalue weighted by Crippen LogP contribution is -2.55. The summed E-state index contributed by atoms with van der Waals surface area (Å²) in [6, 6.07) is 6.72. The quantitative estimate of drug-likeness (QED) is 0.465. The van der Waals surface area contributed by atoms with Crippen molar-refractivity contribution in [2.24, 2.45) is 11.8 Å². The second kappa shape index (κ2) is 12.5. The molecule has 0 spiro atoms. The highest BCUT2D eigenvalue weighted by atomic mass is 16.5. The smallest absolute Gasteiger partial charge is 0.408 e. The van der Waals surface area contributed by atoms with E-state index in [4.69, 9.17) is 9.47 Å². The van der Waals surface area contributed by atoms with Crippen LogP contribution < -0.4 is 10.6 Å². The topological polar surface area (TPSA) is 131 Å². The monoisotopic (exact) mass is 422 g/mol. The Bertz CT molecular complexity index is 721. The molecule has 0 heterocycles. The van der Waals surface area contributed by atoms with E-state index in [-0.39, 0.29) is 25.6 Å². The van der Waals surface area contributed by atoms with Crippen LogP contribution in [0.4, 0.5) is 4.79 Å². The average molecular weight is 422 g/mol. The molecule has 0 fully saturated rings. The Morgan fingerprint density at radius 3 is 2.13 bits per heavy atom. The number of rotatable bonds is 11. The SMILES string of the molecule is CCOC(=O)C[C@H](C)[C@@H](NC(=O)[C@H](NC(=O)OCc1ccccc1)C(C)C)C(=O)O. The third-order valence-electron chi connectivity index (χ3n) is 4.36. The van der Waals surface area contributed by atoms with Crippen molar-refractivity contribution in [3.8, 4) is 0 Å². The molecule has 0 aliphatic rings. The highest BCUT2D eigenvalue weighted by Gasteiger charge is 2.33. The number of nitrogens with one attached hydrogen (secondary N) is 2. The zero-order valence-electron chi connectivity index (χ0n) is 17.7. The van der Waals surface area contributed by atoms with E-state index in [0.717, 1.165) is 5.56 Å². The zero-order valence-corrected chi connectivity index (χ0v) is 17.7. The van der Waals surface area contributed by atoms with E-state index >= 15 is 0 Å². The number of ether oxygens (including phenoxy) is 2. The molecule has 1 aromatic rings. The van der Waals surface area contributed by atoms with Crippen molar-refractivity contribution in [1.82, 2.24) is 10.6 Å². The predicted octanol–water partition coefficient (Wildman–Crippen LogP) is 2.10. The maximum absolute atomic E-state index is 12.7. The lowest BCUT2D eigenvalue weighted by atomic mass is 9.96. The summed E-state index contributed by atoms with van der Waals surface area (Å²) < 4.78 is 9.96. The van der Waals surface area contributed by atoms with Gasteiger partial charge in [-0.3, -0.25) is 9.59 Å². The van der Waals surface area contributed by atoms with Crippen LogP contribution in [0.2, 0.25) is 0 Å². The molecule has 9 nitrogen and oxygen atoms in total. The normalized spacial score (nSPS) is 13.6. The maximum Gasteiger partial charge on any atom is 0.408 e. The molecule has 2 amide bonds. The van der Waals surface area contributed by atoms with Gasteiger partial charge in [-0.15, -0.1) is 0 Å². The van der Waals surface area contributed by atoms with Gasteiger partial charge in [0.2, 0.25) is 5.91 Å². The lowest BCUT2D eigenvalue weighted by molar-refractivity contribution is -0.147. The number of benzene rings is 1. The van der Waals surface area contributed by atoms with Crippen molar-refractivity contribution in [2.75, 3.05) is 6.61 Å². The maximum atomic E-state index is 12.7. The van der Waals surface area contributed by atoms with Gasteiger partial charge in [0.15, 0.2) is 0 Å². The summed E-state index contributed by atoms with van der Waals surface area (Å²) in [7, 11) is 0. The van der Waals surface area contributed by atoms with Gasteiger partial charge in [0.25, 0.3) is 0 Å². The molecule has 0 unspecified atom stereocenters. The first-order valence-corrected chi connectivity index (χ1v) is 9.81. The van der Waals surface area contributed by atoms with E-state index in [0.29, 0.717) is 0 Å². The second-order valence-corrected chi connectivity index (χ2v) is 7.24. The van der Waals surface area contributed by atoms with Crippen LogP contribution in [0, 0.1) is 11.8 Å². The van der Waals surface area contributed by atoms with Crippen molar-refractivity contribution < 1.29 is 33.8 Å². The van der Waals surface area contributed by atoms with Gasteiger partial charge >= 0.3 is 18.0 Å². The van der Waals surface area contributed by atoms with E-state index in [1.165, 1.54) is 6.92 Å². The first-order valence-electron chi connectivity index (χ1n) is 9.81. The number of esters is 1. The minimum absolute atomic E-state index is 0.0352. The fraction of sp³-hybridized carbons (Fsp3) is 0.524. The Morgan fingerprint density at radius 1 is 0.967 bits per heavy atom. The Kier molecular flexibility index (Phi) is 10.4. The molecule has 0 aromatic heterocycles. The molecule has 30 heavy (non-hydrogen) atoms. The van der Waals surface area contributed by atoms with Gasteiger partial charge in [-0.05, 0) is 24.3 Å². The van der Waals surface area contributed by atoms with Crippen LogP contribution in [0.25, 0.3) is 0 Å². The molecule has 1 rings (SSSR count). The molecule has 166 valence electrons. The number of carbonyl (C=O) groups is 4. The average Bonchev–Trinajstić information content (AvgIpc) is 2.68. The largest absolute Gasteiger partial charge is 0.480 e. The third-order valence-corrected chi connectivity index (χ3v) is 4.36. The van der Waals surface area contributed by atoms with Crippen molar-refractivity contribution >= 4 is 23.9 Å². The summed E-state index contributed by atoms with van der Waals surface area (Å²) >= 11 is 0. The number of amides is 2. The van der Waals surface area contributed by atoms with Crippen LogP contribution in [0.3, 0.4) is 0 Å². The van der Waals surface area contributed by atoms with E-state index in [1.807, 2.05) is 18.2 Å². The summed E-state index contributed by atoms with van der Waals surface area (Å²) in [6.45, 7) is 6.81. The number of carboxylic acids is 1. The molecule has 0 aliphatic heterocycles. The summed E-state index contributed by atoms with van der Waals surface area (Å²) in [6.07, 6.45) is -0.955. The molecular formula is C21H30N2O7. The molecule has 3 atom stereocenters. The van der Waals surface area contributed by atoms with Gasteiger partial charge in [0.05, 0.1) is 13.0 Å². The fourth-order valence-corrected chi connectivity index (χ4v) is 2.72. The number of alkyl carbamates (subject to hydrolysis) is 1. The van der Waals surface area contributed by atoms with Crippen LogP contribution in [-0.4, -0.2) is 47.7 Å². The van der Waals surface area contributed by atoms with Crippen molar-refractivity contribution in [3.63, 3.8) is 0 Å². The Hall–Kier alpha value is -3.10. The van der Waals surface area contributed by atoms with Gasteiger partial charge in [-0.1, -0.05) is 51.1 Å². The highest BCUT2D eigenvalue weighted by Crippen LogP contribution is 2.12. The standard InChI is InChI=1S/C21H30N2O7/c1-5-29-16(24)11-14(4)18(20(26)27)22-19(25)17(13(2)3)23-21(28)30-12-15-9-7-6-8-10-15/h6-10,13-14,17-18H,5,11-12H2,1-4H3,(H,22,25)(H,23,28)(H,26,27)/t14-,17+,18+/m0/s1. The van der Waals surface area contributed by atoms with E-state index in [9.17, 15) is 24.3 Å². The van der Waals surface area contributed by atoms with Crippen molar-refractivity contribution in [1.29, 1.82) is 0 Å². The van der Waals surface area contributed by atoms with Crippen LogP contribution in [0.15, 0.2) is 30.3 Å². The molecule has 9 heteroatoms. The summed E-state index contributed by atoms with van der Waals surface area (Å²) in [5.41, 5.74) is 0.789. The highest BCUT2D eigenvalue weighted by molar-refractivity contribution is 5.89. The lowest BCUT2D eigenvalue weighted by Gasteiger charge is -2.26. The van der Waals surface area contributed by atoms with Gasteiger partial charge in [-0.25, -0.2) is 9.59 Å². The number of hydrogen-bond donors (Lipinski definition) is 3. The van der Waals surface area contributed by atoms with Gasteiger partial charge in [0.1, 0.15) is 18.7 Å². The first kappa shape index (κ1) is 24.9. The zero-order chi connectivity index (χ0) is 22.7. The van der Waals surface area contributed by atoms with Crippen LogP contribution in [-0.2, 0) is 30.5 Å². The first-order chi connectivity index (χ1) is 14.1. The summed E-state index contributed by atoms with van der Waals surface area (Å²) in [5.74, 6) is -3.54. The Morgan fingerprint density at radius 2 is 1.60 bits per heavy atom. The number of hydrogen-bond acceptors (Lipinski definition) is 6. The van der Waals surface area contributed by atoms with E-state index < -0.39 is 41.9 Å². The van der Waals surface area contributed by atoms with Gasteiger partial charge in [0, 0.05) is 0 Å². The van der Waals surface area contributed by atoms with Gasteiger partial charge in [-0.2, -0.15) is 0 Å².